The predicted molar refractivity (Wildman–Crippen MR) is 75.3 cm³/mol. The highest BCUT2D eigenvalue weighted by Crippen LogP contribution is 2.32. The molecule has 1 aliphatic rings. The van der Waals surface area contributed by atoms with E-state index < -0.39 is 0 Å². The number of hydrogen-bond donors (Lipinski definition) is 1. The largest absolute Gasteiger partial charge is 0.357 e. The van der Waals surface area contributed by atoms with Gasteiger partial charge in [-0.3, -0.25) is 0 Å². The van der Waals surface area contributed by atoms with Crippen molar-refractivity contribution in [1.82, 2.24) is 9.97 Å². The van der Waals surface area contributed by atoms with Crippen LogP contribution in [-0.4, -0.2) is 40.6 Å². The summed E-state index contributed by atoms with van der Waals surface area (Å²) in [7, 11) is 1.81. The van der Waals surface area contributed by atoms with E-state index in [1.807, 2.05) is 18.8 Å². The van der Waals surface area contributed by atoms with Crippen molar-refractivity contribution in [3.05, 3.63) is 11.2 Å². The second kappa shape index (κ2) is 5.31. The molecule has 0 aromatic carbocycles. The highest BCUT2D eigenvalue weighted by Gasteiger charge is 2.27. The number of nitrogens with one attached hydrogen (secondary N) is 1. The molecule has 1 fully saturated rings. The van der Waals surface area contributed by atoms with Gasteiger partial charge in [-0.2, -0.15) is 16.7 Å². The minimum Gasteiger partial charge on any atom is -0.357 e. The lowest BCUT2D eigenvalue weighted by atomic mass is 10.2. The molecule has 1 aromatic heterocycles. The van der Waals surface area contributed by atoms with Crippen LogP contribution < -0.4 is 10.2 Å². The fourth-order valence-corrected chi connectivity index (χ4v) is 3.21. The fourth-order valence-electron chi connectivity index (χ4n) is 1.91. The van der Waals surface area contributed by atoms with Crippen molar-refractivity contribution in [3.8, 4) is 0 Å². The molecule has 17 heavy (non-hydrogen) atoms. The quantitative estimate of drug-likeness (QED) is 0.896. The summed E-state index contributed by atoms with van der Waals surface area (Å²) < 4.78 is 0. The molecule has 0 radical (unpaired) electrons. The van der Waals surface area contributed by atoms with Crippen LogP contribution in [-0.2, 0) is 0 Å². The van der Waals surface area contributed by atoms with Gasteiger partial charge in [0.2, 0.25) is 5.95 Å². The van der Waals surface area contributed by atoms with Gasteiger partial charge in [0.15, 0.2) is 5.82 Å². The van der Waals surface area contributed by atoms with Crippen molar-refractivity contribution in [2.75, 3.05) is 29.6 Å². The van der Waals surface area contributed by atoms with E-state index in [1.54, 1.807) is 6.20 Å². The number of halogens is 1. The third-order valence-electron chi connectivity index (χ3n) is 3.11. The Labute approximate surface area is 111 Å². The predicted octanol–water partition coefficient (Wildman–Crippen LogP) is 2.50. The Morgan fingerprint density at radius 3 is 3.00 bits per heavy atom. The van der Waals surface area contributed by atoms with Crippen LogP contribution in [0.15, 0.2) is 6.20 Å². The molecular formula is C11H17ClN4S. The Balaban J connectivity index is 2.31. The van der Waals surface area contributed by atoms with Gasteiger partial charge in [-0.25, -0.2) is 4.98 Å². The molecule has 0 saturated carbocycles. The second-order valence-corrected chi connectivity index (χ2v) is 6.02. The minimum atomic E-state index is 0.436. The number of anilines is 2. The lowest BCUT2D eigenvalue weighted by molar-refractivity contribution is 0.620. The lowest BCUT2D eigenvalue weighted by Gasteiger charge is -2.38. The molecule has 4 nitrogen and oxygen atoms in total. The third-order valence-corrected chi connectivity index (χ3v) is 4.71. The van der Waals surface area contributed by atoms with Gasteiger partial charge in [0, 0.05) is 30.6 Å². The molecule has 2 unspecified atom stereocenters. The van der Waals surface area contributed by atoms with E-state index in [0.29, 0.717) is 22.3 Å². The second-order valence-electron chi connectivity index (χ2n) is 4.13. The van der Waals surface area contributed by atoms with Crippen molar-refractivity contribution in [1.29, 1.82) is 0 Å². The van der Waals surface area contributed by atoms with Crippen LogP contribution in [0.1, 0.15) is 13.8 Å². The number of nitrogens with zero attached hydrogens (tertiary/aromatic N) is 3. The van der Waals surface area contributed by atoms with Crippen molar-refractivity contribution in [3.63, 3.8) is 0 Å². The van der Waals surface area contributed by atoms with E-state index in [9.17, 15) is 0 Å². The molecule has 94 valence electrons. The van der Waals surface area contributed by atoms with Gasteiger partial charge in [-0.1, -0.05) is 18.5 Å². The summed E-state index contributed by atoms with van der Waals surface area (Å²) >= 11 is 8.19. The van der Waals surface area contributed by atoms with Crippen molar-refractivity contribution in [2.24, 2.45) is 0 Å². The molecule has 1 aliphatic heterocycles. The summed E-state index contributed by atoms with van der Waals surface area (Å²) in [6.45, 7) is 5.44. The van der Waals surface area contributed by atoms with E-state index >= 15 is 0 Å². The first-order chi connectivity index (χ1) is 8.13. The lowest BCUT2D eigenvalue weighted by Crippen LogP contribution is -2.45. The third kappa shape index (κ3) is 2.60. The molecule has 6 heteroatoms. The molecule has 0 spiro atoms. The molecule has 0 bridgehead atoms. The fraction of sp³-hybridized carbons (Fsp3) is 0.636. The normalized spacial score (nSPS) is 24.8. The van der Waals surface area contributed by atoms with E-state index in [-0.39, 0.29) is 0 Å². The van der Waals surface area contributed by atoms with Gasteiger partial charge < -0.3 is 10.2 Å². The van der Waals surface area contributed by atoms with E-state index in [4.69, 9.17) is 11.6 Å². The number of hydrogen-bond acceptors (Lipinski definition) is 5. The number of aromatic nitrogens is 2. The summed E-state index contributed by atoms with van der Waals surface area (Å²) in [6, 6.07) is 0.436. The summed E-state index contributed by atoms with van der Waals surface area (Å²) in [6.07, 6.45) is 1.66. The Hall–Kier alpha value is -0.680. The smallest absolute Gasteiger partial charge is 0.224 e. The number of thioether (sulfide) groups is 1. The maximum Gasteiger partial charge on any atom is 0.224 e. The van der Waals surface area contributed by atoms with Gasteiger partial charge in [0.1, 0.15) is 5.02 Å². The monoisotopic (exact) mass is 272 g/mol. The van der Waals surface area contributed by atoms with Gasteiger partial charge in [0.25, 0.3) is 0 Å². The van der Waals surface area contributed by atoms with E-state index in [1.165, 1.54) is 0 Å². The zero-order valence-electron chi connectivity index (χ0n) is 10.3. The molecule has 1 aromatic rings. The average Bonchev–Trinajstić information content (AvgIpc) is 2.34. The summed E-state index contributed by atoms with van der Waals surface area (Å²) in [5, 5.41) is 4.16. The first-order valence-electron chi connectivity index (χ1n) is 5.72. The maximum atomic E-state index is 6.20. The van der Waals surface area contributed by atoms with Gasteiger partial charge in [0.05, 0.1) is 6.20 Å². The van der Waals surface area contributed by atoms with Crippen LogP contribution in [0.25, 0.3) is 0 Å². The van der Waals surface area contributed by atoms with Crippen LogP contribution in [0.3, 0.4) is 0 Å². The Kier molecular flexibility index (Phi) is 3.99. The first kappa shape index (κ1) is 12.8. The average molecular weight is 273 g/mol. The van der Waals surface area contributed by atoms with Gasteiger partial charge in [-0.05, 0) is 6.92 Å². The highest BCUT2D eigenvalue weighted by atomic mass is 35.5. The zero-order chi connectivity index (χ0) is 12.4. The Bertz CT molecular complexity index is 401. The molecule has 2 rings (SSSR count). The van der Waals surface area contributed by atoms with E-state index in [2.05, 4.69) is 34.0 Å². The minimum absolute atomic E-state index is 0.436. The standard InChI is InChI=1S/C11H17ClN4S/c1-7-8(2)17-5-4-16(7)10-9(12)6-14-11(13-3)15-10/h6-8H,4-5H2,1-3H3,(H,13,14,15). The maximum absolute atomic E-state index is 6.20. The zero-order valence-corrected chi connectivity index (χ0v) is 11.8. The number of rotatable bonds is 2. The van der Waals surface area contributed by atoms with Gasteiger partial charge >= 0.3 is 0 Å². The summed E-state index contributed by atoms with van der Waals surface area (Å²) in [5.74, 6) is 2.56. The molecule has 2 heterocycles. The van der Waals surface area contributed by atoms with Crippen LogP contribution >= 0.6 is 23.4 Å². The van der Waals surface area contributed by atoms with E-state index in [0.717, 1.165) is 18.1 Å². The van der Waals surface area contributed by atoms with Crippen LogP contribution in [0.5, 0.6) is 0 Å². The molecule has 1 N–H and O–H groups in total. The van der Waals surface area contributed by atoms with Crippen molar-refractivity contribution < 1.29 is 0 Å². The summed E-state index contributed by atoms with van der Waals surface area (Å²) in [5.41, 5.74) is 0. The van der Waals surface area contributed by atoms with Crippen molar-refractivity contribution in [2.45, 2.75) is 25.1 Å². The topological polar surface area (TPSA) is 41.1 Å². The first-order valence-corrected chi connectivity index (χ1v) is 7.14. The molecular weight excluding hydrogens is 256 g/mol. The Morgan fingerprint density at radius 2 is 2.29 bits per heavy atom. The highest BCUT2D eigenvalue weighted by molar-refractivity contribution is 8.00. The Morgan fingerprint density at radius 1 is 1.53 bits per heavy atom. The molecule has 0 amide bonds. The molecule has 0 aliphatic carbocycles. The molecule has 1 saturated heterocycles. The SMILES string of the molecule is CNc1ncc(Cl)c(N2CCSC(C)C2C)n1. The van der Waals surface area contributed by atoms with Gasteiger partial charge in [-0.15, -0.1) is 0 Å². The molecule has 2 atom stereocenters. The summed E-state index contributed by atoms with van der Waals surface area (Å²) in [4.78, 5) is 10.8. The van der Waals surface area contributed by atoms with Crippen molar-refractivity contribution >= 4 is 35.1 Å². The van der Waals surface area contributed by atoms with Crippen LogP contribution in [0, 0.1) is 0 Å². The van der Waals surface area contributed by atoms with Crippen LogP contribution in [0.4, 0.5) is 11.8 Å². The van der Waals surface area contributed by atoms with Crippen LogP contribution in [0.2, 0.25) is 5.02 Å².